The number of ether oxygens (including phenoxy) is 1. The van der Waals surface area contributed by atoms with Gasteiger partial charge in [0.1, 0.15) is 18.0 Å². The van der Waals surface area contributed by atoms with Gasteiger partial charge in [0.2, 0.25) is 5.91 Å². The van der Waals surface area contributed by atoms with Crippen molar-refractivity contribution in [2.24, 2.45) is 0 Å². The van der Waals surface area contributed by atoms with Crippen LogP contribution in [0.3, 0.4) is 0 Å². The minimum atomic E-state index is -1.76. The fourth-order valence-corrected chi connectivity index (χ4v) is 4.46. The van der Waals surface area contributed by atoms with Crippen LogP contribution in [-0.2, 0) is 22.6 Å². The van der Waals surface area contributed by atoms with Crippen molar-refractivity contribution in [1.29, 1.82) is 0 Å². The summed E-state index contributed by atoms with van der Waals surface area (Å²) in [4.78, 5) is 38.7. The number of nitrogens with one attached hydrogen (secondary N) is 1. The molecular formula is C25H24ClF2N3O4. The van der Waals surface area contributed by atoms with Crippen LogP contribution in [0, 0.1) is 5.82 Å². The Labute approximate surface area is 205 Å². The smallest absolute Gasteiger partial charge is 0.409 e. The molecule has 0 aliphatic carbocycles. The second-order valence-corrected chi connectivity index (χ2v) is 9.22. The molecule has 1 fully saturated rings. The highest BCUT2D eigenvalue weighted by molar-refractivity contribution is 6.30. The number of benzene rings is 2. The zero-order chi connectivity index (χ0) is 25.3. The number of ketones is 1. The van der Waals surface area contributed by atoms with E-state index in [-0.39, 0.29) is 42.4 Å². The molecule has 4 rings (SSSR count). The van der Waals surface area contributed by atoms with Gasteiger partial charge in [-0.25, -0.2) is 13.6 Å². The van der Waals surface area contributed by atoms with Crippen molar-refractivity contribution in [3.63, 3.8) is 0 Å². The fourth-order valence-electron chi connectivity index (χ4n) is 4.26. The predicted octanol–water partition coefficient (Wildman–Crippen LogP) is 4.85. The SMILES string of the molecule is CC(=O)c1cn(CC(=O)N2C[C@](C)(F)C[C@@H]2OC(=O)NCc2cccc(Cl)c2F)c2ccccc12. The number of halogens is 3. The molecule has 2 aromatic carbocycles. The zero-order valence-corrected chi connectivity index (χ0v) is 19.9. The van der Waals surface area contributed by atoms with Crippen LogP contribution in [-0.4, -0.2) is 45.7 Å². The molecule has 2 atom stereocenters. The lowest BCUT2D eigenvalue weighted by molar-refractivity contribution is -0.138. The molecule has 0 spiro atoms. The Morgan fingerprint density at radius 1 is 1.20 bits per heavy atom. The highest BCUT2D eigenvalue weighted by Crippen LogP contribution is 2.32. The van der Waals surface area contributed by atoms with Crippen molar-refractivity contribution in [2.75, 3.05) is 6.54 Å². The third-order valence-corrected chi connectivity index (χ3v) is 6.23. The number of alkyl carbamates (subject to hydrolysis) is 1. The second kappa shape index (κ2) is 9.65. The van der Waals surface area contributed by atoms with Gasteiger partial charge < -0.3 is 19.5 Å². The van der Waals surface area contributed by atoms with E-state index in [2.05, 4.69) is 5.32 Å². The number of likely N-dealkylation sites (tertiary alicyclic amines) is 1. The Kier molecular flexibility index (Phi) is 6.80. The van der Waals surface area contributed by atoms with Crippen LogP contribution in [0.15, 0.2) is 48.7 Å². The van der Waals surface area contributed by atoms with Gasteiger partial charge in [-0.3, -0.25) is 9.59 Å². The molecule has 0 radical (unpaired) electrons. The molecule has 2 amide bonds. The first-order valence-corrected chi connectivity index (χ1v) is 11.4. The molecule has 0 saturated carbocycles. The van der Waals surface area contributed by atoms with E-state index in [0.717, 1.165) is 0 Å². The molecule has 2 heterocycles. The lowest BCUT2D eigenvalue weighted by atomic mass is 10.1. The maximum absolute atomic E-state index is 14.9. The molecule has 1 aliphatic rings. The van der Waals surface area contributed by atoms with Crippen molar-refractivity contribution >= 4 is 40.3 Å². The van der Waals surface area contributed by atoms with Crippen LogP contribution < -0.4 is 5.32 Å². The number of alkyl halides is 1. The molecule has 1 aliphatic heterocycles. The lowest BCUT2D eigenvalue weighted by Gasteiger charge is -2.24. The van der Waals surface area contributed by atoms with Crippen molar-refractivity contribution in [3.05, 3.63) is 70.6 Å². The molecule has 184 valence electrons. The second-order valence-electron chi connectivity index (χ2n) is 8.81. The van der Waals surface area contributed by atoms with Gasteiger partial charge in [-0.1, -0.05) is 41.9 Å². The average Bonchev–Trinajstić information content (AvgIpc) is 3.31. The molecule has 3 aromatic rings. The highest BCUT2D eigenvalue weighted by atomic mass is 35.5. The van der Waals surface area contributed by atoms with Crippen LogP contribution in [0.1, 0.15) is 36.2 Å². The Balaban J connectivity index is 1.47. The summed E-state index contributed by atoms with van der Waals surface area (Å²) >= 11 is 5.75. The molecule has 10 heteroatoms. The standard InChI is InChI=1S/C25H24ClF2N3O4/c1-15(32)18-12-30(20-9-4-3-7-17(18)20)13-21(33)31-14-25(2,28)10-22(31)35-24(34)29-11-16-6-5-8-19(26)23(16)27/h3-9,12,22H,10-11,13-14H2,1-2H3,(H,29,34)/t22-,25+/m0/s1. The number of carbonyl (C=O) groups is 3. The number of Topliss-reactive ketones (excluding diaryl/α,β-unsaturated/α-hetero) is 1. The van der Waals surface area contributed by atoms with Crippen LogP contribution in [0.4, 0.5) is 13.6 Å². The molecule has 1 N–H and O–H groups in total. The van der Waals surface area contributed by atoms with Gasteiger partial charge in [-0.2, -0.15) is 0 Å². The van der Waals surface area contributed by atoms with Crippen LogP contribution in [0.5, 0.6) is 0 Å². The first-order valence-electron chi connectivity index (χ1n) is 11.0. The van der Waals surface area contributed by atoms with E-state index in [9.17, 15) is 23.2 Å². The number of nitrogens with zero attached hydrogens (tertiary/aromatic N) is 2. The summed E-state index contributed by atoms with van der Waals surface area (Å²) in [6.45, 7) is 2.15. The summed E-state index contributed by atoms with van der Waals surface area (Å²) in [5, 5.41) is 3.04. The van der Waals surface area contributed by atoms with Crippen LogP contribution in [0.25, 0.3) is 10.9 Å². The normalized spacial score (nSPS) is 19.7. The predicted molar refractivity (Wildman–Crippen MR) is 126 cm³/mol. The van der Waals surface area contributed by atoms with Crippen molar-refractivity contribution < 1.29 is 27.9 Å². The quantitative estimate of drug-likeness (QED) is 0.488. The number of carbonyl (C=O) groups excluding carboxylic acids is 3. The van der Waals surface area contributed by atoms with E-state index in [1.807, 2.05) is 0 Å². The lowest BCUT2D eigenvalue weighted by Crippen LogP contribution is -2.42. The average molecular weight is 504 g/mol. The van der Waals surface area contributed by atoms with Gasteiger partial charge in [-0.05, 0) is 26.0 Å². The van der Waals surface area contributed by atoms with Gasteiger partial charge in [0, 0.05) is 41.2 Å². The topological polar surface area (TPSA) is 80.6 Å². The first-order chi connectivity index (χ1) is 16.6. The first kappa shape index (κ1) is 24.7. The maximum Gasteiger partial charge on any atom is 0.409 e. The van der Waals surface area contributed by atoms with Gasteiger partial charge in [0.05, 0.1) is 11.6 Å². The Bertz CT molecular complexity index is 1310. The number of amides is 2. The fraction of sp³-hybridized carbons (Fsp3) is 0.320. The molecule has 35 heavy (non-hydrogen) atoms. The Morgan fingerprint density at radius 3 is 2.69 bits per heavy atom. The minimum Gasteiger partial charge on any atom is -0.425 e. The molecule has 1 aromatic heterocycles. The minimum absolute atomic E-state index is 0.0797. The summed E-state index contributed by atoms with van der Waals surface area (Å²) in [5.41, 5.74) is -0.439. The molecule has 1 saturated heterocycles. The number of hydrogen-bond acceptors (Lipinski definition) is 4. The molecule has 7 nitrogen and oxygen atoms in total. The monoisotopic (exact) mass is 503 g/mol. The number of fused-ring (bicyclic) bond motifs is 1. The number of para-hydroxylation sites is 1. The van der Waals surface area contributed by atoms with E-state index in [4.69, 9.17) is 16.3 Å². The zero-order valence-electron chi connectivity index (χ0n) is 19.2. The van der Waals surface area contributed by atoms with Gasteiger partial charge >= 0.3 is 6.09 Å². The van der Waals surface area contributed by atoms with Crippen molar-refractivity contribution in [3.8, 4) is 0 Å². The van der Waals surface area contributed by atoms with Gasteiger partial charge in [0.25, 0.3) is 0 Å². The molecule has 0 unspecified atom stereocenters. The van der Waals surface area contributed by atoms with Gasteiger partial charge in [0.15, 0.2) is 12.0 Å². The largest absolute Gasteiger partial charge is 0.425 e. The van der Waals surface area contributed by atoms with E-state index >= 15 is 0 Å². The van der Waals surface area contributed by atoms with Crippen LogP contribution >= 0.6 is 11.6 Å². The van der Waals surface area contributed by atoms with E-state index in [0.29, 0.717) is 16.5 Å². The molecular weight excluding hydrogens is 480 g/mol. The summed E-state index contributed by atoms with van der Waals surface area (Å²) in [6.07, 6.45) is -0.675. The number of rotatable bonds is 6. The summed E-state index contributed by atoms with van der Waals surface area (Å²) in [7, 11) is 0. The summed E-state index contributed by atoms with van der Waals surface area (Å²) < 4.78 is 35.9. The third kappa shape index (κ3) is 5.30. The Morgan fingerprint density at radius 2 is 1.94 bits per heavy atom. The Hall–Kier alpha value is -3.46. The number of hydrogen-bond donors (Lipinski definition) is 1. The third-order valence-electron chi connectivity index (χ3n) is 5.94. The summed E-state index contributed by atoms with van der Waals surface area (Å²) in [6, 6.07) is 11.6. The van der Waals surface area contributed by atoms with E-state index in [1.54, 1.807) is 41.1 Å². The molecule has 0 bridgehead atoms. The van der Waals surface area contributed by atoms with E-state index < -0.39 is 29.7 Å². The summed E-state index contributed by atoms with van der Waals surface area (Å²) in [5.74, 6) is -1.27. The maximum atomic E-state index is 14.9. The highest BCUT2D eigenvalue weighted by Gasteiger charge is 2.45. The van der Waals surface area contributed by atoms with Crippen LogP contribution in [0.2, 0.25) is 5.02 Å². The van der Waals surface area contributed by atoms with E-state index in [1.165, 1.54) is 30.9 Å². The van der Waals surface area contributed by atoms with Gasteiger partial charge in [-0.15, -0.1) is 0 Å². The van der Waals surface area contributed by atoms with Crippen molar-refractivity contribution in [1.82, 2.24) is 14.8 Å². The number of aromatic nitrogens is 1. The van der Waals surface area contributed by atoms with Crippen molar-refractivity contribution in [2.45, 2.75) is 45.3 Å².